The second-order valence-electron chi connectivity index (χ2n) is 9.87. The third-order valence-corrected chi connectivity index (χ3v) is 9.44. The van der Waals surface area contributed by atoms with Crippen LogP contribution in [0.3, 0.4) is 0 Å². The summed E-state index contributed by atoms with van der Waals surface area (Å²) in [4.78, 5) is 39.4. The molecule has 1 atom stereocenters. The Kier molecular flexibility index (Phi) is 8.20. The monoisotopic (exact) mass is 640 g/mol. The standard InChI is InChI=1S/C32H24N4O7S2/c1-42-24-14-13-20(16-25(24)43-2)28(37)26-27(19-9-6-11-22(15-19)36(40)41)35(30(39)29(26)38)31-33-34-32(45-31)44-17-21-10-5-8-18-7-3-4-12-23(18)21/h3-16,27,37H,17H2,1-2H3/t27-/m0/s1. The van der Waals surface area contributed by atoms with Gasteiger partial charge in [-0.25, -0.2) is 0 Å². The minimum absolute atomic E-state index is 0.111. The average molecular weight is 641 g/mol. The van der Waals surface area contributed by atoms with Crippen molar-refractivity contribution in [2.75, 3.05) is 19.1 Å². The molecule has 0 spiro atoms. The van der Waals surface area contributed by atoms with Crippen molar-refractivity contribution in [3.05, 3.63) is 117 Å². The van der Waals surface area contributed by atoms with Crippen LogP contribution in [0.15, 0.2) is 94.8 Å². The second kappa shape index (κ2) is 12.4. The van der Waals surface area contributed by atoms with E-state index in [1.54, 1.807) is 12.1 Å². The molecule has 13 heteroatoms. The van der Waals surface area contributed by atoms with E-state index in [0.29, 0.717) is 21.6 Å². The minimum Gasteiger partial charge on any atom is -0.507 e. The molecule has 1 fully saturated rings. The fourth-order valence-corrected chi connectivity index (χ4v) is 7.08. The molecule has 226 valence electrons. The maximum atomic E-state index is 13.6. The SMILES string of the molecule is COc1ccc(C(O)=C2C(=O)C(=O)N(c3nnc(SCc4cccc5ccccc45)s3)[C@H]2c2cccc([N+](=O)[O-])c2)cc1OC. The van der Waals surface area contributed by atoms with Crippen molar-refractivity contribution in [2.24, 2.45) is 0 Å². The molecule has 45 heavy (non-hydrogen) atoms. The van der Waals surface area contributed by atoms with Gasteiger partial charge < -0.3 is 14.6 Å². The summed E-state index contributed by atoms with van der Waals surface area (Å²) in [5, 5.41) is 34.0. The number of aliphatic hydroxyl groups is 1. The number of benzene rings is 4. The van der Waals surface area contributed by atoms with Crippen LogP contribution in [-0.4, -0.2) is 46.1 Å². The summed E-state index contributed by atoms with van der Waals surface area (Å²) in [5.74, 6) is -1.13. The predicted molar refractivity (Wildman–Crippen MR) is 171 cm³/mol. The first-order valence-corrected chi connectivity index (χ1v) is 15.3. The van der Waals surface area contributed by atoms with Gasteiger partial charge in [0, 0.05) is 23.4 Å². The van der Waals surface area contributed by atoms with Crippen molar-refractivity contribution in [3.8, 4) is 11.5 Å². The largest absolute Gasteiger partial charge is 0.507 e. The van der Waals surface area contributed by atoms with Gasteiger partial charge in [0.1, 0.15) is 5.76 Å². The van der Waals surface area contributed by atoms with Gasteiger partial charge in [-0.15, -0.1) is 10.2 Å². The van der Waals surface area contributed by atoms with Gasteiger partial charge in [-0.05, 0) is 40.1 Å². The van der Waals surface area contributed by atoms with Crippen LogP contribution in [0.4, 0.5) is 10.8 Å². The van der Waals surface area contributed by atoms with Gasteiger partial charge >= 0.3 is 5.91 Å². The van der Waals surface area contributed by atoms with Crippen LogP contribution in [0.5, 0.6) is 11.5 Å². The van der Waals surface area contributed by atoms with Crippen molar-refractivity contribution in [2.45, 2.75) is 16.1 Å². The number of fused-ring (bicyclic) bond motifs is 1. The lowest BCUT2D eigenvalue weighted by Crippen LogP contribution is -2.29. The van der Waals surface area contributed by atoms with Crippen LogP contribution in [0, 0.1) is 10.1 Å². The molecule has 4 aromatic carbocycles. The lowest BCUT2D eigenvalue weighted by atomic mass is 9.95. The lowest BCUT2D eigenvalue weighted by molar-refractivity contribution is -0.384. The highest BCUT2D eigenvalue weighted by atomic mass is 32.2. The van der Waals surface area contributed by atoms with Crippen LogP contribution in [-0.2, 0) is 15.3 Å². The Morgan fingerprint density at radius 3 is 2.51 bits per heavy atom. The average Bonchev–Trinajstić information content (AvgIpc) is 3.64. The normalized spacial score (nSPS) is 15.9. The zero-order valence-corrected chi connectivity index (χ0v) is 25.5. The number of ketones is 1. The second-order valence-corrected chi connectivity index (χ2v) is 12.0. The Morgan fingerprint density at radius 1 is 0.978 bits per heavy atom. The molecule has 6 rings (SSSR count). The molecule has 1 saturated heterocycles. The quantitative estimate of drug-likeness (QED) is 0.0359. The lowest BCUT2D eigenvalue weighted by Gasteiger charge is -2.22. The molecule has 0 saturated carbocycles. The highest BCUT2D eigenvalue weighted by Crippen LogP contribution is 2.45. The van der Waals surface area contributed by atoms with Crippen LogP contribution >= 0.6 is 23.1 Å². The van der Waals surface area contributed by atoms with E-state index in [4.69, 9.17) is 9.47 Å². The molecule has 0 aliphatic carbocycles. The van der Waals surface area contributed by atoms with Gasteiger partial charge in [-0.1, -0.05) is 77.7 Å². The molecule has 0 bridgehead atoms. The summed E-state index contributed by atoms with van der Waals surface area (Å²) in [6.07, 6.45) is 0. The number of carbonyl (C=O) groups is 2. The summed E-state index contributed by atoms with van der Waals surface area (Å²) in [7, 11) is 2.89. The zero-order valence-electron chi connectivity index (χ0n) is 23.9. The Labute approximate surface area is 264 Å². The molecule has 5 aromatic rings. The van der Waals surface area contributed by atoms with Crippen molar-refractivity contribution in [1.29, 1.82) is 0 Å². The summed E-state index contributed by atoms with van der Waals surface area (Å²) in [6.45, 7) is 0. The van der Waals surface area contributed by atoms with E-state index in [2.05, 4.69) is 10.2 Å². The first-order chi connectivity index (χ1) is 21.8. The number of hydrogen-bond acceptors (Lipinski definition) is 11. The predicted octanol–water partition coefficient (Wildman–Crippen LogP) is 6.54. The van der Waals surface area contributed by atoms with E-state index in [9.17, 15) is 24.8 Å². The van der Waals surface area contributed by atoms with E-state index in [1.165, 1.54) is 56.3 Å². The van der Waals surface area contributed by atoms with Gasteiger partial charge in [0.25, 0.3) is 11.5 Å². The number of carbonyl (C=O) groups excluding carboxylic acids is 2. The number of methoxy groups -OCH3 is 2. The summed E-state index contributed by atoms with van der Waals surface area (Å²) >= 11 is 2.54. The van der Waals surface area contributed by atoms with Crippen molar-refractivity contribution in [3.63, 3.8) is 0 Å². The molecule has 1 aliphatic rings. The topological polar surface area (TPSA) is 145 Å². The van der Waals surface area contributed by atoms with E-state index in [0.717, 1.165) is 32.6 Å². The van der Waals surface area contributed by atoms with E-state index in [1.807, 2.05) is 42.5 Å². The van der Waals surface area contributed by atoms with Gasteiger partial charge in [-0.2, -0.15) is 0 Å². The fourth-order valence-electron chi connectivity index (χ4n) is 5.21. The maximum Gasteiger partial charge on any atom is 0.301 e. The van der Waals surface area contributed by atoms with Crippen LogP contribution in [0.2, 0.25) is 0 Å². The molecular weight excluding hydrogens is 617 g/mol. The van der Waals surface area contributed by atoms with E-state index < -0.39 is 28.4 Å². The Morgan fingerprint density at radius 2 is 1.73 bits per heavy atom. The number of rotatable bonds is 9. The molecule has 1 aromatic heterocycles. The third-order valence-electron chi connectivity index (χ3n) is 7.33. The molecule has 1 aliphatic heterocycles. The number of nitro benzene ring substituents is 1. The van der Waals surface area contributed by atoms with E-state index >= 15 is 0 Å². The van der Waals surface area contributed by atoms with Crippen molar-refractivity contribution in [1.82, 2.24) is 10.2 Å². The smallest absolute Gasteiger partial charge is 0.301 e. The van der Waals surface area contributed by atoms with Crippen molar-refractivity contribution >= 4 is 62.1 Å². The Bertz CT molecular complexity index is 2000. The summed E-state index contributed by atoms with van der Waals surface area (Å²) in [5.41, 5.74) is 1.03. The number of anilines is 1. The zero-order chi connectivity index (χ0) is 31.7. The number of hydrogen-bond donors (Lipinski definition) is 1. The highest BCUT2D eigenvalue weighted by Gasteiger charge is 2.48. The molecular formula is C32H24N4O7S2. The Balaban J connectivity index is 1.41. The highest BCUT2D eigenvalue weighted by molar-refractivity contribution is 8.00. The van der Waals surface area contributed by atoms with Gasteiger partial charge in [0.15, 0.2) is 15.8 Å². The number of non-ortho nitro benzene ring substituents is 1. The number of thioether (sulfide) groups is 1. The first kappa shape index (κ1) is 29.8. The summed E-state index contributed by atoms with van der Waals surface area (Å²) < 4.78 is 11.2. The number of Topliss-reactive ketones (excluding diaryl/α,β-unsaturated/α-hetero) is 1. The van der Waals surface area contributed by atoms with Crippen molar-refractivity contribution < 1.29 is 29.1 Å². The van der Waals surface area contributed by atoms with Gasteiger partial charge in [-0.3, -0.25) is 24.6 Å². The van der Waals surface area contributed by atoms with Gasteiger partial charge in [0.05, 0.1) is 30.8 Å². The maximum absolute atomic E-state index is 13.6. The first-order valence-electron chi connectivity index (χ1n) is 13.5. The third kappa shape index (κ3) is 5.58. The van der Waals surface area contributed by atoms with Crippen LogP contribution in [0.25, 0.3) is 16.5 Å². The molecule has 1 amide bonds. The number of nitro groups is 1. The molecule has 1 N–H and O–H groups in total. The minimum atomic E-state index is -1.22. The molecule has 0 radical (unpaired) electrons. The van der Waals surface area contributed by atoms with Crippen LogP contribution in [0.1, 0.15) is 22.7 Å². The van der Waals surface area contributed by atoms with Crippen LogP contribution < -0.4 is 14.4 Å². The number of amides is 1. The van der Waals surface area contributed by atoms with Gasteiger partial charge in [0.2, 0.25) is 5.13 Å². The number of aromatic nitrogens is 2. The molecule has 2 heterocycles. The fraction of sp³-hybridized carbons (Fsp3) is 0.125. The number of nitrogens with zero attached hydrogens (tertiary/aromatic N) is 4. The van der Waals surface area contributed by atoms with E-state index in [-0.39, 0.29) is 27.5 Å². The molecule has 11 nitrogen and oxygen atoms in total. The Hall–Kier alpha value is -5.27. The number of aliphatic hydroxyl groups excluding tert-OH is 1. The summed E-state index contributed by atoms with van der Waals surface area (Å²) in [6, 6.07) is 23.0. The molecule has 0 unspecified atom stereocenters. The number of ether oxygens (including phenoxy) is 2.